The molecule has 82 valence electrons. The zero-order valence-electron chi connectivity index (χ0n) is 9.24. The number of hydrogen-bond acceptors (Lipinski definition) is 2. The minimum Gasteiger partial charge on any atom is -0.481 e. The first-order chi connectivity index (χ1) is 6.91. The molecule has 0 unspecified atom stereocenters. The monoisotopic (exact) mass is 208 g/mol. The molecule has 3 nitrogen and oxygen atoms in total. The summed E-state index contributed by atoms with van der Waals surface area (Å²) in [5.41, 5.74) is 3.87. The average molecular weight is 208 g/mol. The van der Waals surface area contributed by atoms with Crippen LogP contribution in [0.5, 0.6) is 0 Å². The van der Waals surface area contributed by atoms with Gasteiger partial charge in [0.15, 0.2) is 0 Å². The van der Waals surface area contributed by atoms with Crippen molar-refractivity contribution in [1.82, 2.24) is 0 Å². The molecule has 15 heavy (non-hydrogen) atoms. The highest BCUT2D eigenvalue weighted by atomic mass is 16.4. The van der Waals surface area contributed by atoms with Gasteiger partial charge < -0.3 is 10.2 Å². The van der Waals surface area contributed by atoms with Crippen LogP contribution in [-0.2, 0) is 4.79 Å². The summed E-state index contributed by atoms with van der Waals surface area (Å²) in [5, 5.41) is 18.3. The van der Waals surface area contributed by atoms with Crippen LogP contribution in [0, 0.1) is 20.8 Å². The maximum absolute atomic E-state index is 10.5. The maximum Gasteiger partial charge on any atom is 0.306 e. The summed E-state index contributed by atoms with van der Waals surface area (Å²) < 4.78 is 0. The first kappa shape index (κ1) is 11.7. The molecule has 0 bridgehead atoms. The highest BCUT2D eigenvalue weighted by Gasteiger charge is 2.14. The molecule has 1 rings (SSSR count). The van der Waals surface area contributed by atoms with Gasteiger partial charge in [-0.05, 0) is 43.0 Å². The normalized spacial score (nSPS) is 12.5. The molecule has 0 radical (unpaired) electrons. The number of rotatable bonds is 3. The molecule has 1 aromatic carbocycles. The molecule has 0 aliphatic heterocycles. The van der Waals surface area contributed by atoms with Crippen molar-refractivity contribution in [2.45, 2.75) is 33.3 Å². The van der Waals surface area contributed by atoms with Crippen molar-refractivity contribution >= 4 is 5.97 Å². The number of aliphatic carboxylic acids is 1. The van der Waals surface area contributed by atoms with Crippen LogP contribution in [0.25, 0.3) is 0 Å². The van der Waals surface area contributed by atoms with E-state index in [-0.39, 0.29) is 6.42 Å². The molecule has 0 aliphatic carbocycles. The number of benzene rings is 1. The van der Waals surface area contributed by atoms with Gasteiger partial charge in [-0.1, -0.05) is 12.1 Å². The van der Waals surface area contributed by atoms with Gasteiger partial charge >= 0.3 is 5.97 Å². The van der Waals surface area contributed by atoms with E-state index >= 15 is 0 Å². The zero-order chi connectivity index (χ0) is 11.6. The fraction of sp³-hybridized carbons (Fsp3) is 0.417. The molecular formula is C12H16O3. The van der Waals surface area contributed by atoms with Crippen molar-refractivity contribution in [1.29, 1.82) is 0 Å². The first-order valence-electron chi connectivity index (χ1n) is 4.89. The van der Waals surface area contributed by atoms with Crippen LogP contribution in [0.4, 0.5) is 0 Å². The zero-order valence-corrected chi connectivity index (χ0v) is 9.24. The van der Waals surface area contributed by atoms with E-state index in [1.165, 1.54) is 0 Å². The van der Waals surface area contributed by atoms with Crippen molar-refractivity contribution in [2.75, 3.05) is 0 Å². The number of aryl methyl sites for hydroxylation is 3. The number of aliphatic hydroxyl groups excluding tert-OH is 1. The first-order valence-corrected chi connectivity index (χ1v) is 4.89. The van der Waals surface area contributed by atoms with Crippen LogP contribution in [0.3, 0.4) is 0 Å². The molecule has 0 amide bonds. The summed E-state index contributed by atoms with van der Waals surface area (Å²) in [7, 11) is 0. The summed E-state index contributed by atoms with van der Waals surface area (Å²) in [6, 6.07) is 3.83. The lowest BCUT2D eigenvalue weighted by molar-refractivity contribution is -0.139. The Morgan fingerprint density at radius 1 is 1.20 bits per heavy atom. The van der Waals surface area contributed by atoms with E-state index in [1.54, 1.807) is 0 Å². The predicted molar refractivity (Wildman–Crippen MR) is 57.9 cm³/mol. The molecular weight excluding hydrogens is 192 g/mol. The van der Waals surface area contributed by atoms with E-state index in [0.717, 1.165) is 16.7 Å². The van der Waals surface area contributed by atoms with E-state index in [4.69, 9.17) is 5.11 Å². The largest absolute Gasteiger partial charge is 0.481 e. The van der Waals surface area contributed by atoms with Crippen molar-refractivity contribution in [3.05, 3.63) is 34.4 Å². The molecule has 1 aromatic rings. The van der Waals surface area contributed by atoms with E-state index in [2.05, 4.69) is 0 Å². The Bertz CT molecular complexity index is 383. The van der Waals surface area contributed by atoms with Gasteiger partial charge in [-0.25, -0.2) is 0 Å². The smallest absolute Gasteiger partial charge is 0.306 e. The highest BCUT2D eigenvalue weighted by molar-refractivity contribution is 5.67. The number of carboxylic acids is 1. The predicted octanol–water partition coefficient (Wildman–Crippen LogP) is 2.12. The highest BCUT2D eigenvalue weighted by Crippen LogP contribution is 2.23. The molecule has 2 N–H and O–H groups in total. The number of hydrogen-bond donors (Lipinski definition) is 2. The van der Waals surface area contributed by atoms with Gasteiger partial charge in [-0.15, -0.1) is 0 Å². The molecule has 1 atom stereocenters. The second-order valence-electron chi connectivity index (χ2n) is 3.91. The number of carboxylic acid groups (broad SMARTS) is 1. The number of aliphatic hydroxyl groups is 1. The molecule has 0 saturated heterocycles. The second kappa shape index (κ2) is 4.45. The lowest BCUT2D eigenvalue weighted by Gasteiger charge is -2.14. The average Bonchev–Trinajstić information content (AvgIpc) is 2.09. The third-order valence-corrected chi connectivity index (χ3v) is 2.61. The molecule has 0 fully saturated rings. The van der Waals surface area contributed by atoms with Crippen molar-refractivity contribution < 1.29 is 15.0 Å². The van der Waals surface area contributed by atoms with Gasteiger partial charge in [0.05, 0.1) is 12.5 Å². The van der Waals surface area contributed by atoms with E-state index < -0.39 is 12.1 Å². The Morgan fingerprint density at radius 3 is 2.27 bits per heavy atom. The molecule has 0 aromatic heterocycles. The lowest BCUT2D eigenvalue weighted by atomic mass is 9.96. The quantitative estimate of drug-likeness (QED) is 0.800. The molecule has 0 saturated carbocycles. The van der Waals surface area contributed by atoms with Crippen molar-refractivity contribution in [2.24, 2.45) is 0 Å². The Labute approximate surface area is 89.4 Å². The summed E-state index contributed by atoms with van der Waals surface area (Å²) in [6.07, 6.45) is -1.16. The Morgan fingerprint density at radius 2 is 1.73 bits per heavy atom. The summed E-state index contributed by atoms with van der Waals surface area (Å²) in [5.74, 6) is -0.986. The minimum absolute atomic E-state index is 0.247. The van der Waals surface area contributed by atoms with Crippen molar-refractivity contribution in [3.8, 4) is 0 Å². The summed E-state index contributed by atoms with van der Waals surface area (Å²) >= 11 is 0. The van der Waals surface area contributed by atoms with E-state index in [1.807, 2.05) is 32.9 Å². The van der Waals surface area contributed by atoms with Crippen molar-refractivity contribution in [3.63, 3.8) is 0 Å². The SMILES string of the molecule is Cc1cc(C)c([C@@H](O)CC(=O)O)cc1C. The molecule has 0 heterocycles. The van der Waals surface area contributed by atoms with Gasteiger partial charge in [0.2, 0.25) is 0 Å². The van der Waals surface area contributed by atoms with Crippen LogP contribution >= 0.6 is 0 Å². The van der Waals surface area contributed by atoms with Gasteiger partial charge in [-0.3, -0.25) is 4.79 Å². The van der Waals surface area contributed by atoms with Gasteiger partial charge in [0, 0.05) is 0 Å². The van der Waals surface area contributed by atoms with Crippen LogP contribution in [-0.4, -0.2) is 16.2 Å². The van der Waals surface area contributed by atoms with Gasteiger partial charge in [0.25, 0.3) is 0 Å². The Kier molecular flexibility index (Phi) is 3.48. The summed E-state index contributed by atoms with van der Waals surface area (Å²) in [4.78, 5) is 10.5. The standard InChI is InChI=1S/C12H16O3/c1-7-4-9(3)10(5-8(7)2)11(13)6-12(14)15/h4-5,11,13H,6H2,1-3H3,(H,14,15)/t11-/m0/s1. The van der Waals surface area contributed by atoms with Crippen LogP contribution in [0.2, 0.25) is 0 Å². The second-order valence-corrected chi connectivity index (χ2v) is 3.91. The Hall–Kier alpha value is -1.35. The van der Waals surface area contributed by atoms with Crippen LogP contribution in [0.15, 0.2) is 12.1 Å². The third kappa shape index (κ3) is 2.80. The minimum atomic E-state index is -0.986. The molecule has 0 spiro atoms. The van der Waals surface area contributed by atoms with E-state index in [9.17, 15) is 9.90 Å². The topological polar surface area (TPSA) is 57.5 Å². The third-order valence-electron chi connectivity index (χ3n) is 2.61. The van der Waals surface area contributed by atoms with Gasteiger partial charge in [-0.2, -0.15) is 0 Å². The maximum atomic E-state index is 10.5. The Balaban J connectivity index is 3.03. The number of carbonyl (C=O) groups is 1. The fourth-order valence-corrected chi connectivity index (χ4v) is 1.62. The fourth-order valence-electron chi connectivity index (χ4n) is 1.62. The van der Waals surface area contributed by atoms with Gasteiger partial charge in [0.1, 0.15) is 0 Å². The van der Waals surface area contributed by atoms with Crippen LogP contribution < -0.4 is 0 Å². The lowest BCUT2D eigenvalue weighted by Crippen LogP contribution is -2.07. The molecule has 3 heteroatoms. The molecule has 0 aliphatic rings. The summed E-state index contributed by atoms with van der Waals surface area (Å²) in [6.45, 7) is 5.83. The van der Waals surface area contributed by atoms with Crippen LogP contribution in [0.1, 0.15) is 34.8 Å². The van der Waals surface area contributed by atoms with E-state index in [0.29, 0.717) is 5.56 Å².